The number of aromatic amines is 1. The molecular weight excluding hydrogens is 166 g/mol. The predicted octanol–water partition coefficient (Wildman–Crippen LogP) is 0.775. The summed E-state index contributed by atoms with van der Waals surface area (Å²) in [6.07, 6.45) is 3.39. The summed E-state index contributed by atoms with van der Waals surface area (Å²) < 4.78 is 1.44. The number of aryl methyl sites for hydroxylation is 1. The van der Waals surface area contributed by atoms with Crippen molar-refractivity contribution in [3.8, 4) is 11.3 Å². The van der Waals surface area contributed by atoms with Crippen LogP contribution in [0.3, 0.4) is 0 Å². The molecule has 0 bridgehead atoms. The first-order valence-corrected chi connectivity index (χ1v) is 3.94. The highest BCUT2D eigenvalue weighted by Crippen LogP contribution is 2.12. The third-order valence-corrected chi connectivity index (χ3v) is 1.88. The Bertz CT molecular complexity index is 455. The van der Waals surface area contributed by atoms with Gasteiger partial charge in [0, 0.05) is 31.1 Å². The Balaban J connectivity index is 2.54. The molecule has 2 rings (SSSR count). The van der Waals surface area contributed by atoms with Gasteiger partial charge in [-0.3, -0.25) is 19.6 Å². The van der Waals surface area contributed by atoms with Crippen molar-refractivity contribution >= 4 is 0 Å². The Morgan fingerprint density at radius 1 is 1.38 bits per heavy atom. The van der Waals surface area contributed by atoms with Crippen LogP contribution in [-0.4, -0.2) is 14.8 Å². The Morgan fingerprint density at radius 3 is 2.62 bits per heavy atom. The fourth-order valence-corrected chi connectivity index (χ4v) is 1.17. The zero-order chi connectivity index (χ0) is 9.26. The number of nitrogens with one attached hydrogen (secondary N) is 1. The SMILES string of the molecule is Cn1[nH]c(-c2ccncc2)cc1=O. The molecule has 0 spiro atoms. The minimum absolute atomic E-state index is 0.0354. The number of aromatic nitrogens is 3. The molecule has 0 radical (unpaired) electrons. The Hall–Kier alpha value is -1.84. The van der Waals surface area contributed by atoms with E-state index in [-0.39, 0.29) is 5.56 Å². The minimum Gasteiger partial charge on any atom is -0.295 e. The molecule has 0 saturated carbocycles. The molecule has 2 heterocycles. The molecule has 13 heavy (non-hydrogen) atoms. The lowest BCUT2D eigenvalue weighted by Crippen LogP contribution is -2.09. The van der Waals surface area contributed by atoms with Crippen LogP contribution in [0, 0.1) is 0 Å². The summed E-state index contributed by atoms with van der Waals surface area (Å²) in [6, 6.07) is 5.27. The molecule has 1 N–H and O–H groups in total. The normalized spacial score (nSPS) is 10.2. The van der Waals surface area contributed by atoms with Gasteiger partial charge in [-0.1, -0.05) is 0 Å². The quantitative estimate of drug-likeness (QED) is 0.696. The van der Waals surface area contributed by atoms with E-state index in [0.29, 0.717) is 0 Å². The molecule has 0 aliphatic rings. The highest BCUT2D eigenvalue weighted by atomic mass is 16.1. The predicted molar refractivity (Wildman–Crippen MR) is 49.3 cm³/mol. The molecule has 0 aromatic carbocycles. The summed E-state index contributed by atoms with van der Waals surface area (Å²) in [5.74, 6) is 0. The van der Waals surface area contributed by atoms with Gasteiger partial charge in [0.1, 0.15) is 0 Å². The van der Waals surface area contributed by atoms with Crippen LogP contribution in [0.1, 0.15) is 0 Å². The van der Waals surface area contributed by atoms with E-state index in [4.69, 9.17) is 0 Å². The number of hydrogen-bond acceptors (Lipinski definition) is 2. The highest BCUT2D eigenvalue weighted by molar-refractivity contribution is 5.57. The van der Waals surface area contributed by atoms with E-state index >= 15 is 0 Å². The van der Waals surface area contributed by atoms with Gasteiger partial charge in [0.05, 0.1) is 5.69 Å². The first-order valence-electron chi connectivity index (χ1n) is 3.94. The fraction of sp³-hybridized carbons (Fsp3) is 0.111. The molecule has 4 heteroatoms. The molecule has 0 fully saturated rings. The topological polar surface area (TPSA) is 50.7 Å². The van der Waals surface area contributed by atoms with E-state index in [2.05, 4.69) is 10.1 Å². The van der Waals surface area contributed by atoms with E-state index in [1.165, 1.54) is 4.68 Å². The summed E-state index contributed by atoms with van der Waals surface area (Å²) >= 11 is 0. The standard InChI is InChI=1S/C9H9N3O/c1-12-9(13)6-8(11-12)7-2-4-10-5-3-7/h2-6,11H,1H3. The first kappa shape index (κ1) is 7.79. The van der Waals surface area contributed by atoms with Crippen LogP contribution in [0.4, 0.5) is 0 Å². The van der Waals surface area contributed by atoms with Crippen LogP contribution in [0.25, 0.3) is 11.3 Å². The smallest absolute Gasteiger partial charge is 0.266 e. The summed E-state index contributed by atoms with van der Waals surface area (Å²) in [6.45, 7) is 0. The molecule has 4 nitrogen and oxygen atoms in total. The lowest BCUT2D eigenvalue weighted by Gasteiger charge is -1.94. The van der Waals surface area contributed by atoms with Gasteiger partial charge in [0.2, 0.25) is 0 Å². The van der Waals surface area contributed by atoms with Crippen molar-refractivity contribution in [2.45, 2.75) is 0 Å². The summed E-state index contributed by atoms with van der Waals surface area (Å²) in [5.41, 5.74) is 1.74. The second kappa shape index (κ2) is 2.90. The van der Waals surface area contributed by atoms with Gasteiger partial charge in [-0.2, -0.15) is 0 Å². The maximum atomic E-state index is 11.1. The van der Waals surface area contributed by atoms with Crippen molar-refractivity contribution in [2.75, 3.05) is 0 Å². The second-order valence-electron chi connectivity index (χ2n) is 2.80. The average Bonchev–Trinajstić information content (AvgIpc) is 2.49. The molecule has 0 aliphatic heterocycles. The van der Waals surface area contributed by atoms with Crippen LogP contribution in [0.2, 0.25) is 0 Å². The van der Waals surface area contributed by atoms with Crippen molar-refractivity contribution in [1.82, 2.24) is 14.8 Å². The molecule has 2 aromatic heterocycles. The monoisotopic (exact) mass is 175 g/mol. The Kier molecular flexibility index (Phi) is 1.73. The maximum absolute atomic E-state index is 11.1. The van der Waals surface area contributed by atoms with Crippen LogP contribution < -0.4 is 5.56 Å². The summed E-state index contributed by atoms with van der Waals surface area (Å²) in [5, 5.41) is 2.94. The zero-order valence-electron chi connectivity index (χ0n) is 7.19. The molecule has 0 aliphatic carbocycles. The molecule has 2 aromatic rings. The van der Waals surface area contributed by atoms with Gasteiger partial charge in [0.25, 0.3) is 5.56 Å². The lowest BCUT2D eigenvalue weighted by molar-refractivity contribution is 0.742. The Morgan fingerprint density at radius 2 is 2.08 bits per heavy atom. The number of rotatable bonds is 1. The van der Waals surface area contributed by atoms with Crippen LogP contribution in [-0.2, 0) is 7.05 Å². The highest BCUT2D eigenvalue weighted by Gasteiger charge is 2.00. The molecule has 0 atom stereocenters. The molecule has 0 saturated heterocycles. The number of H-pyrrole nitrogens is 1. The minimum atomic E-state index is -0.0354. The number of hydrogen-bond donors (Lipinski definition) is 1. The molecule has 0 unspecified atom stereocenters. The zero-order valence-corrected chi connectivity index (χ0v) is 7.19. The van der Waals surface area contributed by atoms with Crippen LogP contribution >= 0.6 is 0 Å². The van der Waals surface area contributed by atoms with Gasteiger partial charge < -0.3 is 0 Å². The van der Waals surface area contributed by atoms with E-state index < -0.39 is 0 Å². The van der Waals surface area contributed by atoms with E-state index in [9.17, 15) is 4.79 Å². The van der Waals surface area contributed by atoms with Gasteiger partial charge in [0.15, 0.2) is 0 Å². The fourth-order valence-electron chi connectivity index (χ4n) is 1.17. The summed E-state index contributed by atoms with van der Waals surface area (Å²) in [4.78, 5) is 15.0. The van der Waals surface area contributed by atoms with E-state index in [1.54, 1.807) is 25.5 Å². The molecular formula is C9H9N3O. The van der Waals surface area contributed by atoms with E-state index in [0.717, 1.165) is 11.3 Å². The van der Waals surface area contributed by atoms with Gasteiger partial charge in [-0.25, -0.2) is 0 Å². The Labute approximate surface area is 74.8 Å². The second-order valence-corrected chi connectivity index (χ2v) is 2.80. The van der Waals surface area contributed by atoms with Gasteiger partial charge in [-0.05, 0) is 12.1 Å². The lowest BCUT2D eigenvalue weighted by atomic mass is 10.2. The van der Waals surface area contributed by atoms with Crippen molar-refractivity contribution in [1.29, 1.82) is 0 Å². The van der Waals surface area contributed by atoms with Crippen molar-refractivity contribution in [3.63, 3.8) is 0 Å². The van der Waals surface area contributed by atoms with Crippen LogP contribution in [0.5, 0.6) is 0 Å². The van der Waals surface area contributed by atoms with E-state index in [1.807, 2.05) is 12.1 Å². The third kappa shape index (κ3) is 1.38. The molecule has 66 valence electrons. The first-order chi connectivity index (χ1) is 6.27. The third-order valence-electron chi connectivity index (χ3n) is 1.88. The van der Waals surface area contributed by atoms with Gasteiger partial charge >= 0.3 is 0 Å². The van der Waals surface area contributed by atoms with Gasteiger partial charge in [-0.15, -0.1) is 0 Å². The summed E-state index contributed by atoms with van der Waals surface area (Å²) in [7, 11) is 1.69. The largest absolute Gasteiger partial charge is 0.295 e. The number of nitrogens with zero attached hydrogens (tertiary/aromatic N) is 2. The van der Waals surface area contributed by atoms with Crippen molar-refractivity contribution in [3.05, 3.63) is 40.9 Å². The molecule has 0 amide bonds. The number of pyridine rings is 1. The van der Waals surface area contributed by atoms with Crippen LogP contribution in [0.15, 0.2) is 35.4 Å². The average molecular weight is 175 g/mol. The van der Waals surface area contributed by atoms with Crippen molar-refractivity contribution in [2.24, 2.45) is 7.05 Å². The van der Waals surface area contributed by atoms with Crippen molar-refractivity contribution < 1.29 is 0 Å². The maximum Gasteiger partial charge on any atom is 0.266 e.